The van der Waals surface area contributed by atoms with E-state index in [0.717, 1.165) is 0 Å². The second kappa shape index (κ2) is 6.53. The number of carbonyl (C=O) groups excluding carboxylic acids is 1. The molecule has 0 aliphatic rings. The van der Waals surface area contributed by atoms with Crippen LogP contribution in [0.5, 0.6) is 5.75 Å². The minimum absolute atomic E-state index is 0.0194. The van der Waals surface area contributed by atoms with Gasteiger partial charge in [0.1, 0.15) is 0 Å². The van der Waals surface area contributed by atoms with E-state index in [2.05, 4.69) is 5.32 Å². The Morgan fingerprint density at radius 3 is 2.76 bits per heavy atom. The van der Waals surface area contributed by atoms with E-state index in [0.29, 0.717) is 11.3 Å². The van der Waals surface area contributed by atoms with Crippen LogP contribution >= 0.6 is 0 Å². The Labute approximate surface area is 121 Å². The molecule has 0 saturated carbocycles. The first-order chi connectivity index (χ1) is 10.1. The zero-order valence-electron chi connectivity index (χ0n) is 11.3. The van der Waals surface area contributed by atoms with E-state index in [1.165, 1.54) is 19.1 Å². The molecule has 0 aromatic heterocycles. The van der Waals surface area contributed by atoms with Gasteiger partial charge in [-0.05, 0) is 37.3 Å². The third-order valence-corrected chi connectivity index (χ3v) is 2.77. The largest absolute Gasteiger partial charge is 0.478 e. The third-order valence-electron chi connectivity index (χ3n) is 2.77. The average molecular weight is 284 g/mol. The number of halogens is 1. The van der Waals surface area contributed by atoms with Crippen molar-refractivity contribution in [1.29, 1.82) is 5.26 Å². The van der Waals surface area contributed by atoms with Crippen molar-refractivity contribution in [3.05, 3.63) is 59.9 Å². The molecule has 0 aliphatic carbocycles. The van der Waals surface area contributed by atoms with Crippen molar-refractivity contribution in [2.24, 2.45) is 0 Å². The normalized spacial score (nSPS) is 11.3. The molecule has 2 rings (SSSR count). The number of hydrogen-bond donors (Lipinski definition) is 1. The Kier molecular flexibility index (Phi) is 4.52. The van der Waals surface area contributed by atoms with Crippen molar-refractivity contribution in [1.82, 2.24) is 0 Å². The first-order valence-corrected chi connectivity index (χ1v) is 6.32. The van der Waals surface area contributed by atoms with Crippen molar-refractivity contribution >= 4 is 11.6 Å². The van der Waals surface area contributed by atoms with Gasteiger partial charge in [-0.15, -0.1) is 0 Å². The maximum Gasteiger partial charge on any atom is 0.265 e. The number of nitrogens with one attached hydrogen (secondary N) is 1. The van der Waals surface area contributed by atoms with Crippen LogP contribution in [0.4, 0.5) is 10.1 Å². The molecule has 2 aromatic rings. The Morgan fingerprint density at radius 1 is 1.29 bits per heavy atom. The summed E-state index contributed by atoms with van der Waals surface area (Å²) in [5, 5.41) is 11.4. The summed E-state index contributed by atoms with van der Waals surface area (Å²) < 4.78 is 18.7. The van der Waals surface area contributed by atoms with E-state index >= 15 is 0 Å². The minimum Gasteiger partial charge on any atom is -0.478 e. The second-order valence-corrected chi connectivity index (χ2v) is 4.37. The lowest BCUT2D eigenvalue weighted by atomic mass is 10.2. The molecule has 0 radical (unpaired) electrons. The van der Waals surface area contributed by atoms with Crippen LogP contribution in [0.25, 0.3) is 0 Å². The van der Waals surface area contributed by atoms with E-state index in [9.17, 15) is 9.18 Å². The van der Waals surface area contributed by atoms with Gasteiger partial charge in [0.15, 0.2) is 17.7 Å². The molecule has 1 atom stereocenters. The molecule has 5 heteroatoms. The first-order valence-electron chi connectivity index (χ1n) is 6.32. The molecule has 0 spiro atoms. The fraction of sp³-hybridized carbons (Fsp3) is 0.125. The number of amides is 1. The predicted molar refractivity (Wildman–Crippen MR) is 76.3 cm³/mol. The van der Waals surface area contributed by atoms with Gasteiger partial charge >= 0.3 is 0 Å². The molecule has 2 aromatic carbocycles. The fourth-order valence-electron chi connectivity index (χ4n) is 1.69. The van der Waals surface area contributed by atoms with Crippen LogP contribution in [0.3, 0.4) is 0 Å². The lowest BCUT2D eigenvalue weighted by Gasteiger charge is -2.15. The number of para-hydroxylation sites is 1. The summed E-state index contributed by atoms with van der Waals surface area (Å²) in [4.78, 5) is 12.0. The van der Waals surface area contributed by atoms with E-state index < -0.39 is 17.8 Å². The molecule has 0 bridgehead atoms. The molecule has 0 heterocycles. The number of hydrogen-bond acceptors (Lipinski definition) is 3. The number of benzene rings is 2. The quantitative estimate of drug-likeness (QED) is 0.938. The van der Waals surface area contributed by atoms with Crippen molar-refractivity contribution < 1.29 is 13.9 Å². The van der Waals surface area contributed by atoms with Gasteiger partial charge in [0.25, 0.3) is 5.91 Å². The molecule has 1 amide bonds. The Morgan fingerprint density at radius 2 is 2.05 bits per heavy atom. The van der Waals surface area contributed by atoms with Crippen LogP contribution in [-0.4, -0.2) is 12.0 Å². The Balaban J connectivity index is 2.03. The third kappa shape index (κ3) is 3.80. The van der Waals surface area contributed by atoms with Gasteiger partial charge in [-0.2, -0.15) is 5.26 Å². The zero-order chi connectivity index (χ0) is 15.2. The highest BCUT2D eigenvalue weighted by Gasteiger charge is 2.16. The number of nitrogens with zero attached hydrogens (tertiary/aromatic N) is 1. The summed E-state index contributed by atoms with van der Waals surface area (Å²) in [7, 11) is 0. The van der Waals surface area contributed by atoms with E-state index in [1.54, 1.807) is 36.4 Å². The fourth-order valence-corrected chi connectivity index (χ4v) is 1.69. The number of nitriles is 1. The smallest absolute Gasteiger partial charge is 0.265 e. The van der Waals surface area contributed by atoms with Gasteiger partial charge in [0.05, 0.1) is 11.6 Å². The van der Waals surface area contributed by atoms with E-state index in [1.807, 2.05) is 6.07 Å². The molecule has 1 N–H and O–H groups in total. The van der Waals surface area contributed by atoms with Crippen LogP contribution < -0.4 is 10.1 Å². The van der Waals surface area contributed by atoms with Crippen molar-refractivity contribution in [3.63, 3.8) is 0 Å². The van der Waals surface area contributed by atoms with Gasteiger partial charge in [-0.1, -0.05) is 18.2 Å². The van der Waals surface area contributed by atoms with Crippen LogP contribution in [0.2, 0.25) is 0 Å². The highest BCUT2D eigenvalue weighted by atomic mass is 19.1. The molecular weight excluding hydrogens is 271 g/mol. The first kappa shape index (κ1) is 14.5. The van der Waals surface area contributed by atoms with Crippen LogP contribution in [0.1, 0.15) is 12.5 Å². The number of anilines is 1. The van der Waals surface area contributed by atoms with Gasteiger partial charge < -0.3 is 10.1 Å². The predicted octanol–water partition coefficient (Wildman–Crippen LogP) is 3.10. The van der Waals surface area contributed by atoms with E-state index in [4.69, 9.17) is 10.00 Å². The summed E-state index contributed by atoms with van der Waals surface area (Å²) in [6.45, 7) is 1.52. The molecule has 21 heavy (non-hydrogen) atoms. The van der Waals surface area contributed by atoms with Gasteiger partial charge in [-0.3, -0.25) is 4.79 Å². The van der Waals surface area contributed by atoms with Crippen molar-refractivity contribution in [2.45, 2.75) is 13.0 Å². The molecular formula is C16H13FN2O2. The monoisotopic (exact) mass is 284 g/mol. The summed E-state index contributed by atoms with van der Waals surface area (Å²) in [6, 6.07) is 14.4. The Hall–Kier alpha value is -2.87. The summed E-state index contributed by atoms with van der Waals surface area (Å²) in [6.07, 6.45) is -0.868. The molecule has 0 unspecified atom stereocenters. The zero-order valence-corrected chi connectivity index (χ0v) is 11.3. The highest BCUT2D eigenvalue weighted by molar-refractivity contribution is 5.94. The molecule has 4 nitrogen and oxygen atoms in total. The second-order valence-electron chi connectivity index (χ2n) is 4.37. The molecule has 0 aliphatic heterocycles. The van der Waals surface area contributed by atoms with Crippen LogP contribution in [-0.2, 0) is 4.79 Å². The average Bonchev–Trinajstić information content (AvgIpc) is 2.49. The number of ether oxygens (including phenoxy) is 1. The van der Waals surface area contributed by atoms with Gasteiger partial charge in [0.2, 0.25) is 0 Å². The number of rotatable bonds is 4. The van der Waals surface area contributed by atoms with Crippen molar-refractivity contribution in [2.75, 3.05) is 5.32 Å². The summed E-state index contributed by atoms with van der Waals surface area (Å²) >= 11 is 0. The molecule has 106 valence electrons. The molecule has 0 saturated heterocycles. The van der Waals surface area contributed by atoms with E-state index in [-0.39, 0.29) is 5.75 Å². The van der Waals surface area contributed by atoms with Gasteiger partial charge in [0, 0.05) is 5.69 Å². The van der Waals surface area contributed by atoms with Crippen LogP contribution in [0, 0.1) is 17.1 Å². The molecule has 0 fully saturated rings. The lowest BCUT2D eigenvalue weighted by Crippen LogP contribution is -2.30. The minimum atomic E-state index is -0.868. The highest BCUT2D eigenvalue weighted by Crippen LogP contribution is 2.18. The maximum absolute atomic E-state index is 13.4. The Bertz CT molecular complexity index is 695. The van der Waals surface area contributed by atoms with Crippen LogP contribution in [0.15, 0.2) is 48.5 Å². The van der Waals surface area contributed by atoms with Gasteiger partial charge in [-0.25, -0.2) is 4.39 Å². The van der Waals surface area contributed by atoms with Crippen molar-refractivity contribution in [3.8, 4) is 11.8 Å². The topological polar surface area (TPSA) is 62.1 Å². The summed E-state index contributed by atoms with van der Waals surface area (Å²) in [5.74, 6) is -0.928. The lowest BCUT2D eigenvalue weighted by molar-refractivity contribution is -0.122. The summed E-state index contributed by atoms with van der Waals surface area (Å²) in [5.41, 5.74) is 0.929. The SMILES string of the molecule is C[C@H](Oc1ccccc1F)C(=O)Nc1cccc(C#N)c1. The number of carbonyl (C=O) groups is 1. The standard InChI is InChI=1S/C16H13FN2O2/c1-11(21-15-8-3-2-7-14(15)17)16(20)19-13-6-4-5-12(9-13)10-18/h2-9,11H,1H3,(H,19,20)/t11-/m0/s1. The maximum atomic E-state index is 13.4.